The van der Waals surface area contributed by atoms with Gasteiger partial charge < -0.3 is 11.1 Å². The second kappa shape index (κ2) is 5.67. The van der Waals surface area contributed by atoms with Crippen LogP contribution in [0.15, 0.2) is 24.3 Å². The van der Waals surface area contributed by atoms with Crippen LogP contribution in [0.4, 0.5) is 5.69 Å². The summed E-state index contributed by atoms with van der Waals surface area (Å²) in [6, 6.07) is 7.71. The van der Waals surface area contributed by atoms with E-state index in [0.717, 1.165) is 11.3 Å². The van der Waals surface area contributed by atoms with E-state index in [9.17, 15) is 9.59 Å². The van der Waals surface area contributed by atoms with Crippen LogP contribution in [0.1, 0.15) is 39.2 Å². The third kappa shape index (κ3) is 4.57. The first-order chi connectivity index (χ1) is 8.29. The fraction of sp³-hybridized carbons (Fsp3) is 0.429. The van der Waals surface area contributed by atoms with E-state index in [1.54, 1.807) is 0 Å². The third-order valence-corrected chi connectivity index (χ3v) is 2.61. The minimum Gasteiger partial charge on any atom is -0.370 e. The molecule has 3 N–H and O–H groups in total. The van der Waals surface area contributed by atoms with Crippen LogP contribution in [0.5, 0.6) is 0 Å². The minimum absolute atomic E-state index is 0.0357. The van der Waals surface area contributed by atoms with Gasteiger partial charge in [0.05, 0.1) is 0 Å². The Morgan fingerprint density at radius 1 is 1.22 bits per heavy atom. The van der Waals surface area contributed by atoms with Crippen molar-refractivity contribution in [3.63, 3.8) is 0 Å². The molecule has 0 aliphatic carbocycles. The summed E-state index contributed by atoms with van der Waals surface area (Å²) in [5.41, 5.74) is 6.93. The van der Waals surface area contributed by atoms with Gasteiger partial charge >= 0.3 is 0 Å². The average molecular weight is 248 g/mol. The standard InChI is InChI=1S/C14H20N2O2/c1-14(2,3)10-5-4-6-11(9-10)16-13(18)8-7-12(15)17/h4-6,9H,7-8H2,1-3H3,(H2,15,17)(H,16,18). The van der Waals surface area contributed by atoms with E-state index >= 15 is 0 Å². The molecule has 0 atom stereocenters. The maximum atomic E-state index is 11.6. The van der Waals surface area contributed by atoms with Crippen LogP contribution in [-0.2, 0) is 15.0 Å². The summed E-state index contributed by atoms with van der Waals surface area (Å²) in [7, 11) is 0. The molecule has 0 heterocycles. The van der Waals surface area contributed by atoms with Crippen molar-refractivity contribution in [2.24, 2.45) is 5.73 Å². The van der Waals surface area contributed by atoms with Crippen LogP contribution in [0.25, 0.3) is 0 Å². The van der Waals surface area contributed by atoms with Crippen molar-refractivity contribution >= 4 is 17.5 Å². The van der Waals surface area contributed by atoms with Gasteiger partial charge in [0, 0.05) is 18.5 Å². The molecular weight excluding hydrogens is 228 g/mol. The van der Waals surface area contributed by atoms with Crippen LogP contribution in [0.3, 0.4) is 0 Å². The number of nitrogens with two attached hydrogens (primary N) is 1. The molecule has 0 spiro atoms. The quantitative estimate of drug-likeness (QED) is 0.857. The van der Waals surface area contributed by atoms with Gasteiger partial charge in [-0.05, 0) is 23.1 Å². The lowest BCUT2D eigenvalue weighted by Gasteiger charge is -2.19. The average Bonchev–Trinajstić information content (AvgIpc) is 2.25. The van der Waals surface area contributed by atoms with E-state index in [4.69, 9.17) is 5.73 Å². The van der Waals surface area contributed by atoms with Gasteiger partial charge in [-0.1, -0.05) is 32.9 Å². The molecule has 0 saturated heterocycles. The van der Waals surface area contributed by atoms with Crippen molar-refractivity contribution in [3.8, 4) is 0 Å². The molecule has 0 unspecified atom stereocenters. The molecule has 4 nitrogen and oxygen atoms in total. The number of carbonyl (C=O) groups is 2. The molecule has 18 heavy (non-hydrogen) atoms. The predicted molar refractivity (Wildman–Crippen MR) is 72.2 cm³/mol. The summed E-state index contributed by atoms with van der Waals surface area (Å²) < 4.78 is 0. The Hall–Kier alpha value is -1.84. The Kier molecular flexibility index (Phi) is 4.48. The van der Waals surface area contributed by atoms with Gasteiger partial charge in [0.1, 0.15) is 0 Å². The molecule has 1 rings (SSSR count). The summed E-state index contributed by atoms with van der Waals surface area (Å²) in [4.78, 5) is 22.1. The largest absolute Gasteiger partial charge is 0.370 e. The van der Waals surface area contributed by atoms with Gasteiger partial charge in [0.15, 0.2) is 0 Å². The maximum absolute atomic E-state index is 11.6. The van der Waals surface area contributed by atoms with Crippen LogP contribution in [0.2, 0.25) is 0 Å². The molecule has 0 bridgehead atoms. The second-order valence-corrected chi connectivity index (χ2v) is 5.35. The highest BCUT2D eigenvalue weighted by atomic mass is 16.2. The van der Waals surface area contributed by atoms with E-state index in [0.29, 0.717) is 0 Å². The van der Waals surface area contributed by atoms with E-state index in [1.165, 1.54) is 0 Å². The molecule has 4 heteroatoms. The van der Waals surface area contributed by atoms with Crippen molar-refractivity contribution in [1.29, 1.82) is 0 Å². The van der Waals surface area contributed by atoms with Gasteiger partial charge in [-0.15, -0.1) is 0 Å². The van der Waals surface area contributed by atoms with Gasteiger partial charge in [-0.2, -0.15) is 0 Å². The zero-order chi connectivity index (χ0) is 13.8. The van der Waals surface area contributed by atoms with Gasteiger partial charge in [-0.25, -0.2) is 0 Å². The fourth-order valence-electron chi connectivity index (χ4n) is 1.52. The molecule has 0 fully saturated rings. The molecule has 1 aromatic rings. The number of benzene rings is 1. The van der Waals surface area contributed by atoms with Crippen LogP contribution in [0, 0.1) is 0 Å². The van der Waals surface area contributed by atoms with Crippen LogP contribution in [-0.4, -0.2) is 11.8 Å². The van der Waals surface area contributed by atoms with E-state index < -0.39 is 5.91 Å². The number of nitrogens with one attached hydrogen (secondary N) is 1. The lowest BCUT2D eigenvalue weighted by molar-refractivity contribution is -0.122. The van der Waals surface area contributed by atoms with Crippen molar-refractivity contribution in [2.75, 3.05) is 5.32 Å². The van der Waals surface area contributed by atoms with Gasteiger partial charge in [-0.3, -0.25) is 9.59 Å². The number of hydrogen-bond acceptors (Lipinski definition) is 2. The molecule has 98 valence electrons. The summed E-state index contributed by atoms with van der Waals surface area (Å²) in [5, 5.41) is 2.76. The highest BCUT2D eigenvalue weighted by molar-refractivity contribution is 5.93. The predicted octanol–water partition coefficient (Wildman–Crippen LogP) is 2.19. The zero-order valence-electron chi connectivity index (χ0n) is 11.1. The first-order valence-corrected chi connectivity index (χ1v) is 5.98. The topological polar surface area (TPSA) is 72.2 Å². The Labute approximate surface area is 108 Å². The number of anilines is 1. The van der Waals surface area contributed by atoms with E-state index in [-0.39, 0.29) is 24.2 Å². The number of hydrogen-bond donors (Lipinski definition) is 2. The van der Waals surface area contributed by atoms with Crippen molar-refractivity contribution in [1.82, 2.24) is 0 Å². The van der Waals surface area contributed by atoms with E-state index in [2.05, 4.69) is 26.1 Å². The fourth-order valence-corrected chi connectivity index (χ4v) is 1.52. The van der Waals surface area contributed by atoms with Crippen molar-refractivity contribution < 1.29 is 9.59 Å². The molecule has 0 radical (unpaired) electrons. The molecule has 2 amide bonds. The maximum Gasteiger partial charge on any atom is 0.224 e. The number of carbonyl (C=O) groups excluding carboxylic acids is 2. The minimum atomic E-state index is -0.464. The van der Waals surface area contributed by atoms with Gasteiger partial charge in [0.25, 0.3) is 0 Å². The highest BCUT2D eigenvalue weighted by Crippen LogP contribution is 2.24. The normalized spacial score (nSPS) is 11.1. The van der Waals surface area contributed by atoms with Crippen LogP contribution >= 0.6 is 0 Å². The van der Waals surface area contributed by atoms with Crippen molar-refractivity contribution in [2.45, 2.75) is 39.0 Å². The third-order valence-electron chi connectivity index (χ3n) is 2.61. The summed E-state index contributed by atoms with van der Waals surface area (Å²) in [6.45, 7) is 6.34. The number of rotatable bonds is 4. The molecule has 1 aromatic carbocycles. The smallest absolute Gasteiger partial charge is 0.224 e. The first-order valence-electron chi connectivity index (χ1n) is 5.98. The second-order valence-electron chi connectivity index (χ2n) is 5.35. The zero-order valence-corrected chi connectivity index (χ0v) is 11.1. The molecule has 0 aliphatic heterocycles. The Balaban J connectivity index is 2.68. The number of primary amides is 1. The van der Waals surface area contributed by atoms with Crippen molar-refractivity contribution in [3.05, 3.63) is 29.8 Å². The Bertz CT molecular complexity index is 447. The molecule has 0 saturated carbocycles. The lowest BCUT2D eigenvalue weighted by atomic mass is 9.87. The molecule has 0 aromatic heterocycles. The summed E-state index contributed by atoms with van der Waals surface area (Å²) in [5.74, 6) is -0.659. The summed E-state index contributed by atoms with van der Waals surface area (Å²) in [6.07, 6.45) is 0.194. The van der Waals surface area contributed by atoms with Gasteiger partial charge in [0.2, 0.25) is 11.8 Å². The molecular formula is C14H20N2O2. The SMILES string of the molecule is CC(C)(C)c1cccc(NC(=O)CCC(N)=O)c1. The Morgan fingerprint density at radius 3 is 2.44 bits per heavy atom. The van der Waals surface area contributed by atoms with Crippen LogP contribution < -0.4 is 11.1 Å². The first kappa shape index (κ1) is 14.2. The number of amides is 2. The van der Waals surface area contributed by atoms with E-state index in [1.807, 2.05) is 24.3 Å². The molecule has 0 aliphatic rings. The highest BCUT2D eigenvalue weighted by Gasteiger charge is 2.14. The summed E-state index contributed by atoms with van der Waals surface area (Å²) >= 11 is 0. The Morgan fingerprint density at radius 2 is 1.89 bits per heavy atom. The lowest BCUT2D eigenvalue weighted by Crippen LogP contribution is -2.17. The monoisotopic (exact) mass is 248 g/mol.